The van der Waals surface area contributed by atoms with Gasteiger partial charge in [-0.15, -0.1) is 0 Å². The highest BCUT2D eigenvalue weighted by Crippen LogP contribution is 2.76. The van der Waals surface area contributed by atoms with Crippen LogP contribution < -0.4 is 5.32 Å². The molecule has 0 amide bonds. The summed E-state index contributed by atoms with van der Waals surface area (Å²) in [4.78, 5) is 14.5. The van der Waals surface area contributed by atoms with Crippen molar-refractivity contribution in [3.63, 3.8) is 0 Å². The van der Waals surface area contributed by atoms with Gasteiger partial charge in [0.15, 0.2) is 0 Å². The summed E-state index contributed by atoms with van der Waals surface area (Å²) >= 11 is 0. The first-order valence-electron chi connectivity index (χ1n) is 23.1. The summed E-state index contributed by atoms with van der Waals surface area (Å²) in [5, 5.41) is 15.6. The van der Waals surface area contributed by atoms with Crippen LogP contribution in [0.1, 0.15) is 115 Å². The molecule has 8 heteroatoms. The molecule has 2 N–H and O–H groups in total. The predicted molar refractivity (Wildman–Crippen MR) is 243 cm³/mol. The van der Waals surface area contributed by atoms with Gasteiger partial charge in [0.1, 0.15) is 0 Å². The Labute approximate surface area is 360 Å². The van der Waals surface area contributed by atoms with Gasteiger partial charge in [-0.25, -0.2) is 13.2 Å². The van der Waals surface area contributed by atoms with Gasteiger partial charge in [-0.1, -0.05) is 101 Å². The lowest BCUT2D eigenvalue weighted by atomic mass is 9.33. The minimum atomic E-state index is -3.58. The molecule has 5 aliphatic carbocycles. The van der Waals surface area contributed by atoms with E-state index in [-0.39, 0.29) is 27.2 Å². The van der Waals surface area contributed by atoms with Gasteiger partial charge >= 0.3 is 5.97 Å². The molecule has 0 radical (unpaired) electrons. The first-order chi connectivity index (χ1) is 28.5. The Hall–Kier alpha value is -3.30. The van der Waals surface area contributed by atoms with E-state index < -0.39 is 16.0 Å². The van der Waals surface area contributed by atoms with Crippen molar-refractivity contribution in [2.75, 3.05) is 39.3 Å². The minimum Gasteiger partial charge on any atom is -0.478 e. The lowest BCUT2D eigenvalue weighted by molar-refractivity contribution is -0.219. The molecule has 0 aromatic heterocycles. The molecule has 1 heterocycles. The maximum Gasteiger partial charge on any atom is 0.335 e. The van der Waals surface area contributed by atoms with Gasteiger partial charge in [0.25, 0.3) is 0 Å². The summed E-state index contributed by atoms with van der Waals surface area (Å²) in [6, 6.07) is 21.0. The fourth-order valence-electron chi connectivity index (χ4n) is 15.6. The second-order valence-electron chi connectivity index (χ2n) is 21.4. The van der Waals surface area contributed by atoms with Crippen LogP contribution in [0.4, 0.5) is 0 Å². The molecule has 6 aliphatic rings. The fourth-order valence-corrected chi connectivity index (χ4v) is 17.2. The number of allylic oxidation sites excluding steroid dienone is 3. The number of fused-ring (bicyclic) bond motifs is 8. The largest absolute Gasteiger partial charge is 0.478 e. The third-order valence-electron chi connectivity index (χ3n) is 18.7. The van der Waals surface area contributed by atoms with E-state index in [1.165, 1.54) is 68.1 Å². The van der Waals surface area contributed by atoms with Crippen molar-refractivity contribution >= 4 is 32.3 Å². The number of carboxylic acids is 1. The van der Waals surface area contributed by atoms with Crippen LogP contribution in [-0.2, 0) is 10.0 Å². The van der Waals surface area contributed by atoms with Crippen LogP contribution in [0.15, 0.2) is 89.9 Å². The average Bonchev–Trinajstić information content (AvgIpc) is 3.61. The molecule has 0 spiro atoms. The van der Waals surface area contributed by atoms with E-state index in [1.807, 2.05) is 48.5 Å². The highest BCUT2D eigenvalue weighted by Gasteiger charge is 2.70. The monoisotopic (exact) mass is 832 g/mol. The fraction of sp³-hybridized carbons (Fsp3) is 0.596. The van der Waals surface area contributed by atoms with E-state index in [1.54, 1.807) is 22.5 Å². The lowest BCUT2D eigenvalue weighted by Crippen LogP contribution is -2.68. The molecule has 5 fully saturated rings. The standard InChI is InChI=1S/C52H69N3O4S/c1-35(2)39-21-26-52(53-29-30-54-31-33-55(34-32-54)60(58,59)43-14-10-12-36-11-8-9-13-40(36)43)28-27-50(6)42(46(39)52)19-20-45-49(5)24-22-41(37-15-17-38(18-16-37)47(56)57)48(3,4)44(49)23-25-51(45,50)7/h8-18,22,39,42,44-46,53H,1,19-21,23-34H2,2-7H3,(H,56,57). The molecule has 9 unspecified atom stereocenters. The van der Waals surface area contributed by atoms with E-state index in [9.17, 15) is 18.3 Å². The van der Waals surface area contributed by atoms with E-state index in [2.05, 4.69) is 64.4 Å². The molecule has 9 rings (SSSR count). The highest BCUT2D eigenvalue weighted by molar-refractivity contribution is 7.89. The van der Waals surface area contributed by atoms with Gasteiger partial charge in [-0.05, 0) is 151 Å². The third-order valence-corrected chi connectivity index (χ3v) is 20.6. The van der Waals surface area contributed by atoms with E-state index in [4.69, 9.17) is 0 Å². The number of sulfonamides is 1. The van der Waals surface area contributed by atoms with Crippen molar-refractivity contribution in [1.29, 1.82) is 0 Å². The second-order valence-corrected chi connectivity index (χ2v) is 23.3. The van der Waals surface area contributed by atoms with Gasteiger partial charge in [0.2, 0.25) is 10.0 Å². The number of rotatable bonds is 9. The summed E-state index contributed by atoms with van der Waals surface area (Å²) in [6.45, 7) is 24.3. The summed E-state index contributed by atoms with van der Waals surface area (Å²) in [7, 11) is -3.58. The quantitative estimate of drug-likeness (QED) is 0.209. The maximum absolute atomic E-state index is 13.9. The van der Waals surface area contributed by atoms with E-state index in [0.29, 0.717) is 53.1 Å². The van der Waals surface area contributed by atoms with Crippen molar-refractivity contribution in [1.82, 2.24) is 14.5 Å². The van der Waals surface area contributed by atoms with Crippen molar-refractivity contribution in [3.8, 4) is 0 Å². The van der Waals surface area contributed by atoms with Crippen molar-refractivity contribution in [2.24, 2.45) is 51.2 Å². The average molecular weight is 832 g/mol. The minimum absolute atomic E-state index is 0.00333. The van der Waals surface area contributed by atoms with Gasteiger partial charge < -0.3 is 10.4 Å². The first kappa shape index (κ1) is 42.0. The Morgan fingerprint density at radius 2 is 1.53 bits per heavy atom. The number of carboxylic acid groups (broad SMARTS) is 1. The van der Waals surface area contributed by atoms with E-state index in [0.717, 1.165) is 43.4 Å². The highest BCUT2D eigenvalue weighted by atomic mass is 32.2. The summed E-state index contributed by atoms with van der Waals surface area (Å²) in [5.41, 5.74) is 5.12. The van der Waals surface area contributed by atoms with Gasteiger partial charge in [-0.3, -0.25) is 4.90 Å². The summed E-state index contributed by atoms with van der Waals surface area (Å²) in [5.74, 6) is 2.14. The van der Waals surface area contributed by atoms with Crippen LogP contribution in [0.2, 0.25) is 0 Å². The Balaban J connectivity index is 0.899. The SMILES string of the molecule is C=C(C)C1CCC2(NCCN3CCN(S(=O)(=O)c4cccc5ccccc45)CC3)CCC3(C)C(CCC4C5(C)CC=C(c6ccc(C(=O)O)cc6)C(C)(C)C5CCC43C)C12. The van der Waals surface area contributed by atoms with Crippen LogP contribution in [0, 0.1) is 51.2 Å². The number of nitrogens with one attached hydrogen (secondary N) is 1. The molecular weight excluding hydrogens is 763 g/mol. The first-order valence-corrected chi connectivity index (χ1v) is 24.6. The summed E-state index contributed by atoms with van der Waals surface area (Å²) in [6.07, 6.45) is 13.6. The van der Waals surface area contributed by atoms with Crippen molar-refractivity contribution in [2.45, 2.75) is 110 Å². The Bertz CT molecular complexity index is 2310. The Morgan fingerprint density at radius 1 is 0.817 bits per heavy atom. The molecule has 4 saturated carbocycles. The van der Waals surface area contributed by atoms with Crippen LogP contribution in [0.3, 0.4) is 0 Å². The number of hydrogen-bond donors (Lipinski definition) is 2. The lowest BCUT2D eigenvalue weighted by Gasteiger charge is -2.72. The zero-order chi connectivity index (χ0) is 42.5. The normalized spacial score (nSPS) is 36.7. The van der Waals surface area contributed by atoms with Crippen LogP contribution >= 0.6 is 0 Å². The van der Waals surface area contributed by atoms with Crippen molar-refractivity contribution in [3.05, 3.63) is 96.1 Å². The Morgan fingerprint density at radius 3 is 2.25 bits per heavy atom. The zero-order valence-corrected chi connectivity index (χ0v) is 37.9. The number of piperazine rings is 1. The Kier molecular flexibility index (Phi) is 10.4. The number of nitrogens with zero attached hydrogens (tertiary/aromatic N) is 2. The summed E-state index contributed by atoms with van der Waals surface area (Å²) < 4.78 is 29.4. The molecule has 9 atom stereocenters. The zero-order valence-electron chi connectivity index (χ0n) is 37.1. The van der Waals surface area contributed by atoms with Gasteiger partial charge in [-0.2, -0.15) is 4.31 Å². The third kappa shape index (κ3) is 6.34. The molecule has 3 aromatic carbocycles. The molecule has 7 nitrogen and oxygen atoms in total. The van der Waals surface area contributed by atoms with E-state index >= 15 is 0 Å². The molecule has 60 heavy (non-hydrogen) atoms. The number of carbonyl (C=O) groups is 1. The predicted octanol–water partition coefficient (Wildman–Crippen LogP) is 10.5. The van der Waals surface area contributed by atoms with Gasteiger partial charge in [0, 0.05) is 50.2 Å². The number of hydrogen-bond acceptors (Lipinski definition) is 5. The topological polar surface area (TPSA) is 90.0 Å². The molecular formula is C52H69N3O4S. The van der Waals surface area contributed by atoms with Crippen LogP contribution in [-0.4, -0.2) is 73.5 Å². The van der Waals surface area contributed by atoms with Crippen LogP contribution in [0.5, 0.6) is 0 Å². The molecule has 1 aliphatic heterocycles. The second kappa shape index (κ2) is 14.9. The van der Waals surface area contributed by atoms with Crippen LogP contribution in [0.25, 0.3) is 16.3 Å². The maximum atomic E-state index is 13.9. The smallest absolute Gasteiger partial charge is 0.335 e. The number of benzene rings is 3. The molecule has 3 aromatic rings. The molecule has 0 bridgehead atoms. The van der Waals surface area contributed by atoms with Crippen molar-refractivity contribution < 1.29 is 18.3 Å². The van der Waals surface area contributed by atoms with Gasteiger partial charge in [0.05, 0.1) is 10.5 Å². The number of aromatic carboxylic acids is 1. The molecule has 1 saturated heterocycles. The molecule has 322 valence electrons.